The van der Waals surface area contributed by atoms with Crippen LogP contribution in [0.1, 0.15) is 84.5 Å². The average Bonchev–Trinajstić information content (AvgIpc) is 2.45. The van der Waals surface area contributed by atoms with Gasteiger partial charge in [0, 0.05) is 13.0 Å². The zero-order valence-corrected chi connectivity index (χ0v) is 16.5. The lowest BCUT2D eigenvalue weighted by molar-refractivity contribution is -0.910. The summed E-state index contributed by atoms with van der Waals surface area (Å²) in [6.45, 7) is 8.65. The van der Waals surface area contributed by atoms with Crippen LogP contribution in [-0.4, -0.2) is 42.9 Å². The van der Waals surface area contributed by atoms with Gasteiger partial charge in [-0.3, -0.25) is 0 Å². The molecule has 0 rings (SSSR count). The van der Waals surface area contributed by atoms with Crippen LogP contribution in [0, 0.1) is 0 Å². The monoisotopic (exact) mass is 365 g/mol. The summed E-state index contributed by atoms with van der Waals surface area (Å²) in [5, 5.41) is 9.10. The van der Waals surface area contributed by atoms with Crippen molar-refractivity contribution in [3.05, 3.63) is 0 Å². The van der Waals surface area contributed by atoms with E-state index in [1.807, 2.05) is 0 Å². The molecule has 0 aliphatic rings. The Morgan fingerprint density at radius 1 is 0.619 bits per heavy atom. The predicted octanol–water partition coefficient (Wildman–Crippen LogP) is 1.76. The molecule has 0 radical (unpaired) electrons. The molecule has 0 unspecified atom stereocenters. The van der Waals surface area contributed by atoms with Gasteiger partial charge >= 0.3 is 0 Å². The van der Waals surface area contributed by atoms with Crippen molar-refractivity contribution in [2.45, 2.75) is 84.5 Å². The number of hydrogen-bond acceptors (Lipinski definition) is 1. The molecule has 0 atom stereocenters. The van der Waals surface area contributed by atoms with E-state index in [-0.39, 0.29) is 17.0 Å². The van der Waals surface area contributed by atoms with Crippen LogP contribution in [0.3, 0.4) is 0 Å². The molecule has 3 heteroatoms. The summed E-state index contributed by atoms with van der Waals surface area (Å²) >= 11 is 0. The maximum Gasteiger partial charge on any atom is 0.0806 e. The molecule has 0 fully saturated rings. The Bertz CT molecular complexity index is 186. The number of unbranched alkanes of at least 4 members (excludes halogenated alkanes) is 8. The van der Waals surface area contributed by atoms with Gasteiger partial charge in [-0.15, -0.1) is 0 Å². The number of aliphatic hydroxyl groups excluding tert-OH is 1. The molecule has 0 aromatic rings. The average molecular weight is 366 g/mol. The van der Waals surface area contributed by atoms with Crippen molar-refractivity contribution in [2.75, 3.05) is 33.3 Å². The fourth-order valence-electron chi connectivity index (χ4n) is 2.98. The SMILES string of the molecule is CCCCCCC[N+](C)(CCCO)CCCCCCC.[Br-]. The first kappa shape index (κ1) is 23.7. The molecule has 1 N–H and O–H groups in total. The van der Waals surface area contributed by atoms with E-state index >= 15 is 0 Å². The molecule has 0 heterocycles. The van der Waals surface area contributed by atoms with Crippen molar-refractivity contribution in [1.29, 1.82) is 0 Å². The summed E-state index contributed by atoms with van der Waals surface area (Å²) in [7, 11) is 2.40. The van der Waals surface area contributed by atoms with E-state index in [1.54, 1.807) is 0 Å². The highest BCUT2D eigenvalue weighted by Gasteiger charge is 2.19. The molecule has 0 aromatic heterocycles. The third kappa shape index (κ3) is 15.1. The normalized spacial score (nSPS) is 11.4. The van der Waals surface area contributed by atoms with Crippen LogP contribution in [0.5, 0.6) is 0 Å². The van der Waals surface area contributed by atoms with Gasteiger partial charge in [0.2, 0.25) is 0 Å². The second kappa shape index (κ2) is 16.8. The topological polar surface area (TPSA) is 20.2 Å². The maximum absolute atomic E-state index is 9.10. The molecular formula is C18H40BrNO. The highest BCUT2D eigenvalue weighted by Crippen LogP contribution is 2.13. The Morgan fingerprint density at radius 3 is 1.38 bits per heavy atom. The van der Waals surface area contributed by atoms with E-state index in [9.17, 15) is 0 Å². The van der Waals surface area contributed by atoms with Gasteiger partial charge in [-0.2, -0.15) is 0 Å². The van der Waals surface area contributed by atoms with Crippen molar-refractivity contribution in [3.8, 4) is 0 Å². The van der Waals surface area contributed by atoms with Crippen LogP contribution in [0.25, 0.3) is 0 Å². The molecule has 0 aliphatic carbocycles. The number of aliphatic hydroxyl groups is 1. The van der Waals surface area contributed by atoms with E-state index in [0.29, 0.717) is 6.61 Å². The van der Waals surface area contributed by atoms with Gasteiger partial charge < -0.3 is 26.6 Å². The lowest BCUT2D eigenvalue weighted by Gasteiger charge is -2.35. The molecule has 2 nitrogen and oxygen atoms in total. The first-order chi connectivity index (χ1) is 9.68. The summed E-state index contributed by atoms with van der Waals surface area (Å²) in [6.07, 6.45) is 14.7. The number of quaternary nitrogens is 1. The fourth-order valence-corrected chi connectivity index (χ4v) is 2.98. The van der Waals surface area contributed by atoms with E-state index in [2.05, 4.69) is 20.9 Å². The molecule has 0 bridgehead atoms. The minimum Gasteiger partial charge on any atom is -1.00 e. The molecule has 0 saturated carbocycles. The van der Waals surface area contributed by atoms with Crippen molar-refractivity contribution < 1.29 is 26.6 Å². The fraction of sp³-hybridized carbons (Fsp3) is 1.00. The quantitative estimate of drug-likeness (QED) is 0.346. The standard InChI is InChI=1S/C18H40NO.BrH/c1-4-6-8-10-12-15-19(3,17-14-18-20)16-13-11-9-7-5-2;/h20H,4-18H2,1-3H3;1H/q+1;/p-1. The van der Waals surface area contributed by atoms with Crippen molar-refractivity contribution >= 4 is 0 Å². The molecule has 0 saturated heterocycles. The lowest BCUT2D eigenvalue weighted by atomic mass is 10.1. The Hall–Kier alpha value is 0.400. The third-order valence-electron chi connectivity index (χ3n) is 4.46. The van der Waals surface area contributed by atoms with Gasteiger partial charge in [0.25, 0.3) is 0 Å². The number of hydrogen-bond donors (Lipinski definition) is 1. The van der Waals surface area contributed by atoms with Gasteiger partial charge in [-0.25, -0.2) is 0 Å². The predicted molar refractivity (Wildman–Crippen MR) is 90.0 cm³/mol. The van der Waals surface area contributed by atoms with E-state index in [0.717, 1.165) is 13.0 Å². The summed E-state index contributed by atoms with van der Waals surface area (Å²) in [5.41, 5.74) is 0. The van der Waals surface area contributed by atoms with Crippen LogP contribution >= 0.6 is 0 Å². The van der Waals surface area contributed by atoms with Gasteiger partial charge in [-0.05, 0) is 25.7 Å². The molecular weight excluding hydrogens is 326 g/mol. The van der Waals surface area contributed by atoms with Crippen LogP contribution in [0.4, 0.5) is 0 Å². The summed E-state index contributed by atoms with van der Waals surface area (Å²) < 4.78 is 1.18. The van der Waals surface area contributed by atoms with Crippen molar-refractivity contribution in [2.24, 2.45) is 0 Å². The maximum atomic E-state index is 9.10. The molecule has 21 heavy (non-hydrogen) atoms. The van der Waals surface area contributed by atoms with E-state index in [1.165, 1.54) is 81.8 Å². The number of halogens is 1. The highest BCUT2D eigenvalue weighted by atomic mass is 79.9. The Morgan fingerprint density at radius 2 is 1.00 bits per heavy atom. The van der Waals surface area contributed by atoms with Crippen LogP contribution < -0.4 is 17.0 Å². The Kier molecular flexibility index (Phi) is 18.9. The molecule has 0 aliphatic heterocycles. The van der Waals surface area contributed by atoms with Crippen LogP contribution in [0.15, 0.2) is 0 Å². The van der Waals surface area contributed by atoms with Crippen molar-refractivity contribution in [1.82, 2.24) is 0 Å². The Labute approximate surface area is 144 Å². The van der Waals surface area contributed by atoms with E-state index < -0.39 is 0 Å². The van der Waals surface area contributed by atoms with Gasteiger partial charge in [0.15, 0.2) is 0 Å². The molecule has 130 valence electrons. The highest BCUT2D eigenvalue weighted by molar-refractivity contribution is 4.48. The third-order valence-corrected chi connectivity index (χ3v) is 4.46. The first-order valence-corrected chi connectivity index (χ1v) is 9.13. The molecule has 0 amide bonds. The second-order valence-electron chi connectivity index (χ2n) is 6.70. The molecule has 0 spiro atoms. The minimum absolute atomic E-state index is 0. The summed E-state index contributed by atoms with van der Waals surface area (Å²) in [5.74, 6) is 0. The van der Waals surface area contributed by atoms with Gasteiger partial charge in [0.1, 0.15) is 0 Å². The second-order valence-corrected chi connectivity index (χ2v) is 6.70. The summed E-state index contributed by atoms with van der Waals surface area (Å²) in [6, 6.07) is 0. The smallest absolute Gasteiger partial charge is 0.0806 e. The van der Waals surface area contributed by atoms with Crippen LogP contribution in [-0.2, 0) is 0 Å². The zero-order chi connectivity index (χ0) is 15.1. The van der Waals surface area contributed by atoms with Gasteiger partial charge in [0.05, 0.1) is 26.7 Å². The van der Waals surface area contributed by atoms with Crippen LogP contribution in [0.2, 0.25) is 0 Å². The minimum atomic E-state index is 0. The first-order valence-electron chi connectivity index (χ1n) is 9.13. The Balaban J connectivity index is 0. The van der Waals surface area contributed by atoms with Crippen molar-refractivity contribution in [3.63, 3.8) is 0 Å². The number of nitrogens with zero attached hydrogens (tertiary/aromatic N) is 1. The van der Waals surface area contributed by atoms with Gasteiger partial charge in [-0.1, -0.05) is 52.4 Å². The molecule has 0 aromatic carbocycles. The summed E-state index contributed by atoms with van der Waals surface area (Å²) in [4.78, 5) is 0. The largest absolute Gasteiger partial charge is 1.00 e. The number of rotatable bonds is 15. The zero-order valence-electron chi connectivity index (χ0n) is 14.9. The lowest BCUT2D eigenvalue weighted by Crippen LogP contribution is -3.00. The van der Waals surface area contributed by atoms with E-state index in [4.69, 9.17) is 5.11 Å².